The Hall–Kier alpha value is -1.96. The lowest BCUT2D eigenvalue weighted by atomic mass is 9.78. The van der Waals surface area contributed by atoms with Crippen LogP contribution in [0.3, 0.4) is 0 Å². The second-order valence-corrected chi connectivity index (χ2v) is 5.22. The Kier molecular flexibility index (Phi) is 3.79. The molecule has 1 saturated carbocycles. The Morgan fingerprint density at radius 2 is 2.21 bits per heavy atom. The zero-order valence-corrected chi connectivity index (χ0v) is 10.8. The Morgan fingerprint density at radius 3 is 2.79 bits per heavy atom. The van der Waals surface area contributed by atoms with Gasteiger partial charge in [0, 0.05) is 6.20 Å². The average molecular weight is 261 g/mol. The quantitative estimate of drug-likeness (QED) is 0.889. The maximum Gasteiger partial charge on any atom is 0.254 e. The molecule has 100 valence electrons. The van der Waals surface area contributed by atoms with Crippen LogP contribution >= 0.6 is 0 Å². The van der Waals surface area contributed by atoms with Gasteiger partial charge >= 0.3 is 0 Å². The second-order valence-electron chi connectivity index (χ2n) is 5.22. The molecule has 1 aromatic rings. The van der Waals surface area contributed by atoms with Crippen molar-refractivity contribution in [3.63, 3.8) is 0 Å². The highest BCUT2D eigenvalue weighted by atomic mass is 19.1. The van der Waals surface area contributed by atoms with E-state index in [0.29, 0.717) is 18.8 Å². The van der Waals surface area contributed by atoms with E-state index in [1.165, 1.54) is 6.20 Å². The first kappa shape index (κ1) is 13.5. The second kappa shape index (κ2) is 5.35. The Balaban J connectivity index is 2.11. The minimum absolute atomic E-state index is 0.147. The van der Waals surface area contributed by atoms with Gasteiger partial charge in [-0.2, -0.15) is 5.26 Å². The molecule has 1 amide bonds. The van der Waals surface area contributed by atoms with E-state index in [4.69, 9.17) is 0 Å². The molecule has 1 heterocycles. The highest BCUT2D eigenvalue weighted by Gasteiger charge is 2.35. The molecule has 1 aliphatic rings. The number of rotatable bonds is 2. The molecule has 4 nitrogen and oxygen atoms in total. The number of aromatic nitrogens is 1. The largest absolute Gasteiger partial charge is 0.334 e. The molecule has 2 rings (SSSR count). The van der Waals surface area contributed by atoms with E-state index in [9.17, 15) is 14.4 Å². The predicted octanol–water partition coefficient (Wildman–Crippen LogP) is 2.42. The van der Waals surface area contributed by atoms with E-state index in [2.05, 4.69) is 23.3 Å². The standard InChI is InChI=1S/C14H16FN3O/c1-10-2-4-14(9-16,5-3-10)18-13(19)11-6-12(15)8-17-7-11/h6-8,10H,2-5H2,1H3,(H,18,19). The number of nitrogens with zero attached hydrogens (tertiary/aromatic N) is 2. The third-order valence-electron chi connectivity index (χ3n) is 3.66. The minimum atomic E-state index is -0.824. The summed E-state index contributed by atoms with van der Waals surface area (Å²) in [4.78, 5) is 15.7. The van der Waals surface area contributed by atoms with Crippen molar-refractivity contribution in [3.05, 3.63) is 29.8 Å². The summed E-state index contributed by atoms with van der Waals surface area (Å²) in [5, 5.41) is 12.1. The monoisotopic (exact) mass is 261 g/mol. The van der Waals surface area contributed by atoms with Gasteiger partial charge in [0.05, 0.1) is 17.8 Å². The summed E-state index contributed by atoms with van der Waals surface area (Å²) in [6.45, 7) is 2.14. The molecule has 0 spiro atoms. The molecule has 19 heavy (non-hydrogen) atoms. The molecular weight excluding hydrogens is 245 g/mol. The van der Waals surface area contributed by atoms with E-state index in [1.807, 2.05) is 0 Å². The number of halogens is 1. The van der Waals surface area contributed by atoms with Crippen LogP contribution in [0.4, 0.5) is 4.39 Å². The molecule has 5 heteroatoms. The summed E-state index contributed by atoms with van der Waals surface area (Å²) in [6.07, 6.45) is 5.44. The maximum atomic E-state index is 13.0. The average Bonchev–Trinajstić information content (AvgIpc) is 2.42. The molecular formula is C14H16FN3O. The van der Waals surface area contributed by atoms with E-state index in [-0.39, 0.29) is 5.56 Å². The summed E-state index contributed by atoms with van der Waals surface area (Å²) >= 11 is 0. The lowest BCUT2D eigenvalue weighted by Gasteiger charge is -2.34. The zero-order valence-electron chi connectivity index (χ0n) is 10.8. The van der Waals surface area contributed by atoms with Gasteiger partial charge in [-0.3, -0.25) is 9.78 Å². The first-order valence-electron chi connectivity index (χ1n) is 6.39. The Bertz CT molecular complexity index is 516. The summed E-state index contributed by atoms with van der Waals surface area (Å²) in [5.74, 6) is -0.423. The van der Waals surface area contributed by atoms with Crippen LogP contribution in [-0.4, -0.2) is 16.4 Å². The lowest BCUT2D eigenvalue weighted by molar-refractivity contribution is 0.0893. The van der Waals surface area contributed by atoms with Gasteiger partial charge in [0.2, 0.25) is 0 Å². The van der Waals surface area contributed by atoms with Crippen LogP contribution in [0.25, 0.3) is 0 Å². The molecule has 0 unspecified atom stereocenters. The predicted molar refractivity (Wildman–Crippen MR) is 67.6 cm³/mol. The first-order chi connectivity index (χ1) is 9.04. The Labute approximate surface area is 111 Å². The molecule has 1 N–H and O–H groups in total. The number of carbonyl (C=O) groups excluding carboxylic acids is 1. The van der Waals surface area contributed by atoms with Crippen LogP contribution in [0.2, 0.25) is 0 Å². The van der Waals surface area contributed by atoms with Crippen LogP contribution in [-0.2, 0) is 0 Å². The smallest absolute Gasteiger partial charge is 0.254 e. The van der Waals surface area contributed by atoms with Crippen molar-refractivity contribution in [3.8, 4) is 6.07 Å². The van der Waals surface area contributed by atoms with Crippen molar-refractivity contribution in [2.75, 3.05) is 0 Å². The number of carbonyl (C=O) groups is 1. The third kappa shape index (κ3) is 3.08. The van der Waals surface area contributed by atoms with E-state index >= 15 is 0 Å². The number of nitrogens with one attached hydrogen (secondary N) is 1. The first-order valence-corrected chi connectivity index (χ1v) is 6.39. The summed E-state index contributed by atoms with van der Waals surface area (Å²) in [5.41, 5.74) is -0.677. The minimum Gasteiger partial charge on any atom is -0.334 e. The lowest BCUT2D eigenvalue weighted by Crippen LogP contribution is -2.49. The number of hydrogen-bond acceptors (Lipinski definition) is 3. The number of pyridine rings is 1. The topological polar surface area (TPSA) is 65.8 Å². The Morgan fingerprint density at radius 1 is 1.53 bits per heavy atom. The van der Waals surface area contributed by atoms with Crippen molar-refractivity contribution in [1.82, 2.24) is 10.3 Å². The van der Waals surface area contributed by atoms with Gasteiger partial charge in [0.1, 0.15) is 11.4 Å². The van der Waals surface area contributed by atoms with Crippen LogP contribution in [0.15, 0.2) is 18.5 Å². The van der Waals surface area contributed by atoms with Gasteiger partial charge in [-0.05, 0) is 37.7 Å². The SMILES string of the molecule is CC1CCC(C#N)(NC(=O)c2cncc(F)c2)CC1. The molecule has 0 aromatic carbocycles. The number of amides is 1. The van der Waals surface area contributed by atoms with Gasteiger partial charge in [0.15, 0.2) is 0 Å². The highest BCUT2D eigenvalue weighted by Crippen LogP contribution is 2.31. The van der Waals surface area contributed by atoms with E-state index in [1.54, 1.807) is 0 Å². The normalized spacial score (nSPS) is 26.5. The van der Waals surface area contributed by atoms with Crippen LogP contribution in [0, 0.1) is 23.1 Å². The molecule has 0 aliphatic heterocycles. The van der Waals surface area contributed by atoms with Crippen molar-refractivity contribution in [2.45, 2.75) is 38.1 Å². The fourth-order valence-corrected chi connectivity index (χ4v) is 2.35. The summed E-state index contributed by atoms with van der Waals surface area (Å²) < 4.78 is 13.0. The molecule has 0 radical (unpaired) electrons. The van der Waals surface area contributed by atoms with Crippen LogP contribution in [0.5, 0.6) is 0 Å². The maximum absolute atomic E-state index is 13.0. The molecule has 1 fully saturated rings. The summed E-state index contributed by atoms with van der Waals surface area (Å²) in [7, 11) is 0. The number of hydrogen-bond donors (Lipinski definition) is 1. The fourth-order valence-electron chi connectivity index (χ4n) is 2.35. The van der Waals surface area contributed by atoms with Crippen molar-refractivity contribution < 1.29 is 9.18 Å². The fraction of sp³-hybridized carbons (Fsp3) is 0.500. The number of nitriles is 1. The molecule has 0 saturated heterocycles. The van der Waals surface area contributed by atoms with E-state index in [0.717, 1.165) is 25.1 Å². The van der Waals surface area contributed by atoms with Gasteiger partial charge in [-0.15, -0.1) is 0 Å². The van der Waals surface area contributed by atoms with E-state index < -0.39 is 17.3 Å². The zero-order chi connectivity index (χ0) is 13.9. The third-order valence-corrected chi connectivity index (χ3v) is 3.66. The highest BCUT2D eigenvalue weighted by molar-refractivity contribution is 5.94. The van der Waals surface area contributed by atoms with Crippen molar-refractivity contribution in [1.29, 1.82) is 5.26 Å². The van der Waals surface area contributed by atoms with Crippen LogP contribution < -0.4 is 5.32 Å². The van der Waals surface area contributed by atoms with Crippen molar-refractivity contribution >= 4 is 5.91 Å². The molecule has 0 atom stereocenters. The van der Waals surface area contributed by atoms with Crippen LogP contribution in [0.1, 0.15) is 43.0 Å². The molecule has 0 bridgehead atoms. The summed E-state index contributed by atoms with van der Waals surface area (Å²) in [6, 6.07) is 3.33. The van der Waals surface area contributed by atoms with Gasteiger partial charge in [-0.25, -0.2) is 4.39 Å². The van der Waals surface area contributed by atoms with Crippen molar-refractivity contribution in [2.24, 2.45) is 5.92 Å². The van der Waals surface area contributed by atoms with Gasteiger partial charge in [-0.1, -0.05) is 6.92 Å². The van der Waals surface area contributed by atoms with Gasteiger partial charge < -0.3 is 5.32 Å². The molecule has 1 aromatic heterocycles. The molecule has 1 aliphatic carbocycles. The van der Waals surface area contributed by atoms with Gasteiger partial charge in [0.25, 0.3) is 5.91 Å².